The van der Waals surface area contributed by atoms with E-state index in [9.17, 15) is 9.59 Å². The Hall–Kier alpha value is -2.67. The summed E-state index contributed by atoms with van der Waals surface area (Å²) in [5, 5.41) is 3.37. The van der Waals surface area contributed by atoms with Gasteiger partial charge in [0.2, 0.25) is 0 Å². The fourth-order valence-electron chi connectivity index (χ4n) is 2.47. The zero-order chi connectivity index (χ0) is 17.3. The second-order valence-electron chi connectivity index (χ2n) is 5.42. The number of hydrogen-bond acceptors (Lipinski definition) is 5. The number of benzene rings is 1. The molecule has 0 aliphatic rings. The predicted molar refractivity (Wildman–Crippen MR) is 93.9 cm³/mol. The average Bonchev–Trinajstić information content (AvgIpc) is 2.90. The van der Waals surface area contributed by atoms with Gasteiger partial charge in [-0.25, -0.2) is 4.98 Å². The first-order chi connectivity index (χ1) is 11.5. The van der Waals surface area contributed by atoms with E-state index >= 15 is 0 Å². The smallest absolute Gasteiger partial charge is 0.261 e. The molecule has 1 aromatic carbocycles. The van der Waals surface area contributed by atoms with E-state index in [-0.39, 0.29) is 11.5 Å². The number of H-pyrrole nitrogens is 1. The molecule has 2 aromatic heterocycles. The van der Waals surface area contributed by atoms with Gasteiger partial charge in [-0.2, -0.15) is 0 Å². The van der Waals surface area contributed by atoms with Crippen LogP contribution >= 0.6 is 11.3 Å². The topological polar surface area (TPSA) is 84.1 Å². The Bertz CT molecular complexity index is 958. The lowest BCUT2D eigenvalue weighted by Crippen LogP contribution is -2.22. The normalized spacial score (nSPS) is 10.8. The van der Waals surface area contributed by atoms with E-state index in [0.717, 1.165) is 11.3 Å². The van der Waals surface area contributed by atoms with Crippen molar-refractivity contribution in [1.82, 2.24) is 15.3 Å². The number of thiophene rings is 1. The Morgan fingerprint density at radius 1 is 1.29 bits per heavy atom. The molecule has 2 N–H and O–H groups in total. The number of nitrogens with one attached hydrogen (secondary N) is 2. The maximum atomic E-state index is 12.5. The molecule has 124 valence electrons. The number of fused-ring (bicyclic) bond motifs is 1. The lowest BCUT2D eigenvalue weighted by atomic mass is 10.2. The van der Waals surface area contributed by atoms with Gasteiger partial charge < -0.3 is 15.0 Å². The SMILES string of the molecule is COc1ccc(CNC(=O)c2sc3nc(C)[nH]c(=O)c3c2C)cc1. The summed E-state index contributed by atoms with van der Waals surface area (Å²) in [6.07, 6.45) is 0. The summed E-state index contributed by atoms with van der Waals surface area (Å²) in [4.78, 5) is 32.6. The quantitative estimate of drug-likeness (QED) is 0.762. The third-order valence-corrected chi connectivity index (χ3v) is 4.92. The van der Waals surface area contributed by atoms with Crippen molar-refractivity contribution >= 4 is 27.5 Å². The van der Waals surface area contributed by atoms with Crippen LogP contribution in [0.5, 0.6) is 5.75 Å². The molecule has 2 heterocycles. The third kappa shape index (κ3) is 3.03. The standard InChI is InChI=1S/C17H17N3O3S/c1-9-13-15(21)19-10(2)20-17(13)24-14(9)16(22)18-8-11-4-6-12(23-3)7-5-11/h4-7H,8H2,1-3H3,(H,18,22)(H,19,20,21). The maximum Gasteiger partial charge on any atom is 0.261 e. The molecule has 0 fully saturated rings. The Morgan fingerprint density at radius 3 is 2.67 bits per heavy atom. The number of hydrogen-bond donors (Lipinski definition) is 2. The highest BCUT2D eigenvalue weighted by molar-refractivity contribution is 7.20. The van der Waals surface area contributed by atoms with E-state index in [1.165, 1.54) is 11.3 Å². The second-order valence-corrected chi connectivity index (χ2v) is 6.42. The molecular formula is C17H17N3O3S. The highest BCUT2D eigenvalue weighted by Crippen LogP contribution is 2.26. The number of aromatic amines is 1. The number of aromatic nitrogens is 2. The van der Waals surface area contributed by atoms with Crippen LogP contribution in [0, 0.1) is 13.8 Å². The van der Waals surface area contributed by atoms with Gasteiger partial charge in [0.25, 0.3) is 11.5 Å². The van der Waals surface area contributed by atoms with Gasteiger partial charge in [-0.3, -0.25) is 9.59 Å². The number of aryl methyl sites for hydroxylation is 2. The Balaban J connectivity index is 1.82. The van der Waals surface area contributed by atoms with Crippen LogP contribution in [-0.2, 0) is 6.54 Å². The Kier molecular flexibility index (Phi) is 4.35. The largest absolute Gasteiger partial charge is 0.497 e. The van der Waals surface area contributed by atoms with Crippen molar-refractivity contribution in [2.45, 2.75) is 20.4 Å². The van der Waals surface area contributed by atoms with E-state index in [2.05, 4.69) is 15.3 Å². The summed E-state index contributed by atoms with van der Waals surface area (Å²) >= 11 is 1.24. The molecular weight excluding hydrogens is 326 g/mol. The molecule has 0 atom stereocenters. The van der Waals surface area contributed by atoms with E-state index in [0.29, 0.717) is 33.0 Å². The summed E-state index contributed by atoms with van der Waals surface area (Å²) in [6.45, 7) is 3.89. The van der Waals surface area contributed by atoms with Crippen LogP contribution in [0.4, 0.5) is 0 Å². The molecule has 7 heteroatoms. The lowest BCUT2D eigenvalue weighted by molar-refractivity contribution is 0.0954. The number of methoxy groups -OCH3 is 1. The van der Waals surface area contributed by atoms with Gasteiger partial charge in [0.1, 0.15) is 16.4 Å². The number of amides is 1. The highest BCUT2D eigenvalue weighted by atomic mass is 32.1. The average molecular weight is 343 g/mol. The molecule has 1 amide bonds. The van der Waals surface area contributed by atoms with Crippen LogP contribution in [0.2, 0.25) is 0 Å². The minimum atomic E-state index is -0.208. The van der Waals surface area contributed by atoms with Gasteiger partial charge in [0.15, 0.2) is 0 Å². The van der Waals surface area contributed by atoms with Gasteiger partial charge in [-0.15, -0.1) is 11.3 Å². The molecule has 0 unspecified atom stereocenters. The first kappa shape index (κ1) is 16.2. The van der Waals surface area contributed by atoms with Crippen LogP contribution in [0.25, 0.3) is 10.2 Å². The predicted octanol–water partition coefficient (Wildman–Crippen LogP) is 2.54. The number of nitrogens with zero attached hydrogens (tertiary/aromatic N) is 1. The van der Waals surface area contributed by atoms with Crippen LogP contribution in [0.15, 0.2) is 29.1 Å². The van der Waals surface area contributed by atoms with Gasteiger partial charge in [0.05, 0.1) is 17.4 Å². The first-order valence-electron chi connectivity index (χ1n) is 7.40. The zero-order valence-electron chi connectivity index (χ0n) is 13.6. The van der Waals surface area contributed by atoms with Crippen LogP contribution in [0.3, 0.4) is 0 Å². The van der Waals surface area contributed by atoms with E-state index in [4.69, 9.17) is 4.74 Å². The van der Waals surface area contributed by atoms with Crippen LogP contribution < -0.4 is 15.6 Å². The van der Waals surface area contributed by atoms with Crippen molar-refractivity contribution in [1.29, 1.82) is 0 Å². The van der Waals surface area contributed by atoms with Gasteiger partial charge >= 0.3 is 0 Å². The molecule has 0 aliphatic heterocycles. The lowest BCUT2D eigenvalue weighted by Gasteiger charge is -2.06. The highest BCUT2D eigenvalue weighted by Gasteiger charge is 2.18. The number of carbonyl (C=O) groups is 1. The van der Waals surface area contributed by atoms with Crippen molar-refractivity contribution < 1.29 is 9.53 Å². The summed E-state index contributed by atoms with van der Waals surface area (Å²) < 4.78 is 5.11. The molecule has 0 radical (unpaired) electrons. The van der Waals surface area contributed by atoms with Crippen molar-refractivity contribution in [3.8, 4) is 5.75 Å². The van der Waals surface area contributed by atoms with Crippen molar-refractivity contribution in [3.63, 3.8) is 0 Å². The number of ether oxygens (including phenoxy) is 1. The van der Waals surface area contributed by atoms with E-state index in [1.54, 1.807) is 21.0 Å². The second kappa shape index (κ2) is 6.45. The van der Waals surface area contributed by atoms with Crippen LogP contribution in [-0.4, -0.2) is 23.0 Å². The summed E-state index contributed by atoms with van der Waals surface area (Å²) in [6, 6.07) is 7.48. The first-order valence-corrected chi connectivity index (χ1v) is 8.22. The maximum absolute atomic E-state index is 12.5. The zero-order valence-corrected chi connectivity index (χ0v) is 14.4. The third-order valence-electron chi connectivity index (χ3n) is 3.74. The fraction of sp³-hybridized carbons (Fsp3) is 0.235. The monoisotopic (exact) mass is 343 g/mol. The number of rotatable bonds is 4. The number of carbonyl (C=O) groups excluding carboxylic acids is 1. The van der Waals surface area contributed by atoms with Gasteiger partial charge in [0, 0.05) is 6.54 Å². The fourth-order valence-corrected chi connectivity index (χ4v) is 3.62. The molecule has 3 aromatic rings. The molecule has 24 heavy (non-hydrogen) atoms. The summed E-state index contributed by atoms with van der Waals surface area (Å²) in [5.74, 6) is 1.11. The Labute approximate surface area is 142 Å². The van der Waals surface area contributed by atoms with Crippen molar-refractivity contribution in [2.24, 2.45) is 0 Å². The molecule has 3 rings (SSSR count). The minimum absolute atomic E-state index is 0.205. The molecule has 0 saturated carbocycles. The molecule has 6 nitrogen and oxygen atoms in total. The summed E-state index contributed by atoms with van der Waals surface area (Å²) in [7, 11) is 1.61. The molecule has 0 aliphatic carbocycles. The van der Waals surface area contributed by atoms with Gasteiger partial charge in [-0.1, -0.05) is 12.1 Å². The Morgan fingerprint density at radius 2 is 2.00 bits per heavy atom. The molecule has 0 saturated heterocycles. The van der Waals surface area contributed by atoms with Crippen molar-refractivity contribution in [3.05, 3.63) is 56.4 Å². The molecule has 0 bridgehead atoms. The van der Waals surface area contributed by atoms with Gasteiger partial charge in [-0.05, 0) is 37.1 Å². The summed E-state index contributed by atoms with van der Waals surface area (Å²) in [5.41, 5.74) is 1.42. The molecule has 0 spiro atoms. The van der Waals surface area contributed by atoms with Crippen molar-refractivity contribution in [2.75, 3.05) is 7.11 Å². The van der Waals surface area contributed by atoms with Crippen LogP contribution in [0.1, 0.15) is 26.6 Å². The minimum Gasteiger partial charge on any atom is -0.497 e. The van der Waals surface area contributed by atoms with E-state index in [1.807, 2.05) is 24.3 Å². The van der Waals surface area contributed by atoms with E-state index < -0.39 is 0 Å².